The normalized spacial score (nSPS) is 21.9. The van der Waals surface area contributed by atoms with Gasteiger partial charge in [-0.15, -0.1) is 23.7 Å². The summed E-state index contributed by atoms with van der Waals surface area (Å²) >= 11 is 20.2. The molecule has 0 spiro atoms. The van der Waals surface area contributed by atoms with E-state index >= 15 is 0 Å². The summed E-state index contributed by atoms with van der Waals surface area (Å²) in [5.74, 6) is -0.305. The van der Waals surface area contributed by atoms with Gasteiger partial charge in [-0.2, -0.15) is 5.10 Å². The van der Waals surface area contributed by atoms with Crippen LogP contribution < -0.4 is 10.4 Å². The van der Waals surface area contributed by atoms with Gasteiger partial charge in [0.05, 0.1) is 21.1 Å². The van der Waals surface area contributed by atoms with E-state index in [0.717, 1.165) is 30.8 Å². The minimum Gasteiger partial charge on any atom is -0.284 e. The van der Waals surface area contributed by atoms with Crippen LogP contribution in [0.1, 0.15) is 37.1 Å². The summed E-state index contributed by atoms with van der Waals surface area (Å²) in [6.45, 7) is 3.74. The van der Waals surface area contributed by atoms with Crippen molar-refractivity contribution in [2.24, 2.45) is 11.0 Å². The molecule has 1 fully saturated rings. The molecule has 0 radical (unpaired) electrons. The maximum absolute atomic E-state index is 13.0. The summed E-state index contributed by atoms with van der Waals surface area (Å²) in [5.41, 5.74) is 4.21. The van der Waals surface area contributed by atoms with Crippen LogP contribution in [0, 0.1) is 5.92 Å². The number of thiophene rings is 1. The molecule has 1 aromatic carbocycles. The van der Waals surface area contributed by atoms with Gasteiger partial charge < -0.3 is 0 Å². The largest absolute Gasteiger partial charge is 0.284 e. The van der Waals surface area contributed by atoms with Crippen LogP contribution in [0.5, 0.6) is 0 Å². The Morgan fingerprint density at radius 2 is 1.87 bits per heavy atom. The molecule has 1 amide bonds. The summed E-state index contributed by atoms with van der Waals surface area (Å²) in [6, 6.07) is 8.95. The summed E-state index contributed by atoms with van der Waals surface area (Å²) < 4.78 is 0.695. The Bertz CT molecular complexity index is 945. The van der Waals surface area contributed by atoms with Crippen molar-refractivity contribution < 1.29 is 4.79 Å². The molecule has 162 valence electrons. The number of nitrogens with one attached hydrogen (secondary N) is 1. The predicted octanol–water partition coefficient (Wildman–Crippen LogP) is 6.20. The lowest BCUT2D eigenvalue weighted by Crippen LogP contribution is -2.48. The van der Waals surface area contributed by atoms with E-state index < -0.39 is 0 Å². The lowest BCUT2D eigenvalue weighted by atomic mass is 9.95. The Kier molecular flexibility index (Phi) is 7.93. The molecule has 10 heteroatoms. The van der Waals surface area contributed by atoms with E-state index in [-0.39, 0.29) is 30.3 Å². The highest BCUT2D eigenvalue weighted by molar-refractivity contribution is 7.16. The summed E-state index contributed by atoms with van der Waals surface area (Å²) in [7, 11) is 0. The molecule has 0 saturated carbocycles. The standard InChI is InChI=1S/C20H21Cl3N4OS.ClH/c1-12-18(20(28)25-26-9-3-2-4-10-26)24-27(15-6-5-13(21)11-14(15)22)19(12)16-7-8-17(23)29-16;/h5-8,11-12,19H,2-4,9-10H2,1H3,(H,25,28);1H/t12-,19+;/m0./s1. The Morgan fingerprint density at radius 3 is 2.50 bits per heavy atom. The van der Waals surface area contributed by atoms with Crippen molar-refractivity contribution >= 4 is 75.9 Å². The zero-order valence-electron chi connectivity index (χ0n) is 16.3. The van der Waals surface area contributed by atoms with Crippen LogP contribution in [0.3, 0.4) is 0 Å². The van der Waals surface area contributed by atoms with Gasteiger partial charge in [0.1, 0.15) is 5.71 Å². The third kappa shape index (κ3) is 4.90. The number of amides is 1. The van der Waals surface area contributed by atoms with Gasteiger partial charge in [-0.05, 0) is 43.2 Å². The van der Waals surface area contributed by atoms with Gasteiger partial charge in [-0.25, -0.2) is 5.01 Å². The van der Waals surface area contributed by atoms with Gasteiger partial charge in [0.25, 0.3) is 5.91 Å². The van der Waals surface area contributed by atoms with Crippen LogP contribution in [0.2, 0.25) is 14.4 Å². The maximum Gasteiger partial charge on any atom is 0.282 e. The summed E-state index contributed by atoms with van der Waals surface area (Å²) in [6.07, 6.45) is 3.38. The Balaban J connectivity index is 0.00000256. The zero-order valence-corrected chi connectivity index (χ0v) is 20.2. The number of rotatable bonds is 4. The molecular weight excluding hydrogens is 486 g/mol. The van der Waals surface area contributed by atoms with Gasteiger partial charge in [0.15, 0.2) is 0 Å². The SMILES string of the molecule is C[C@H]1C(C(=O)NN2CCCCC2)=NN(c2ccc(Cl)cc2Cl)[C@H]1c1ccc(Cl)s1.Cl. The first-order valence-electron chi connectivity index (χ1n) is 9.58. The first-order valence-corrected chi connectivity index (χ1v) is 11.5. The number of carbonyl (C=O) groups is 1. The summed E-state index contributed by atoms with van der Waals surface area (Å²) in [4.78, 5) is 14.1. The fraction of sp³-hybridized carbons (Fsp3) is 0.400. The number of hydrogen-bond donors (Lipinski definition) is 1. The fourth-order valence-electron chi connectivity index (χ4n) is 3.81. The monoisotopic (exact) mass is 506 g/mol. The third-order valence-corrected chi connectivity index (χ3v) is 7.11. The zero-order chi connectivity index (χ0) is 20.5. The van der Waals surface area contributed by atoms with Crippen molar-refractivity contribution in [2.45, 2.75) is 32.2 Å². The van der Waals surface area contributed by atoms with Gasteiger partial charge in [0.2, 0.25) is 0 Å². The molecule has 3 heterocycles. The first kappa shape index (κ1) is 23.6. The fourth-order valence-corrected chi connectivity index (χ4v) is 5.56. The molecule has 1 N–H and O–H groups in total. The average Bonchev–Trinajstić information content (AvgIpc) is 3.25. The van der Waals surface area contributed by atoms with E-state index in [1.807, 2.05) is 35.1 Å². The number of anilines is 1. The molecule has 4 rings (SSSR count). The molecule has 2 atom stereocenters. The average molecular weight is 508 g/mol. The number of hydrazine groups is 1. The lowest BCUT2D eigenvalue weighted by Gasteiger charge is -2.27. The minimum absolute atomic E-state index is 0. The second-order valence-electron chi connectivity index (χ2n) is 7.29. The number of nitrogens with zero attached hydrogens (tertiary/aromatic N) is 3. The van der Waals surface area contributed by atoms with E-state index in [0.29, 0.717) is 25.8 Å². The highest BCUT2D eigenvalue weighted by Crippen LogP contribution is 2.44. The second-order valence-corrected chi connectivity index (χ2v) is 9.88. The molecule has 30 heavy (non-hydrogen) atoms. The molecule has 0 aliphatic carbocycles. The van der Waals surface area contributed by atoms with Crippen LogP contribution in [0.15, 0.2) is 35.4 Å². The van der Waals surface area contributed by atoms with Gasteiger partial charge >= 0.3 is 0 Å². The van der Waals surface area contributed by atoms with Crippen molar-refractivity contribution in [1.29, 1.82) is 0 Å². The molecule has 0 unspecified atom stereocenters. The first-order chi connectivity index (χ1) is 13.9. The molecule has 1 saturated heterocycles. The Hall–Kier alpha value is -1.02. The van der Waals surface area contributed by atoms with Crippen LogP contribution in [0.4, 0.5) is 5.69 Å². The number of carbonyl (C=O) groups excluding carboxylic acids is 1. The van der Waals surface area contributed by atoms with Crippen molar-refractivity contribution in [3.63, 3.8) is 0 Å². The minimum atomic E-state index is -0.173. The number of benzene rings is 1. The van der Waals surface area contributed by atoms with E-state index in [2.05, 4.69) is 5.43 Å². The molecule has 2 aliphatic heterocycles. The molecular formula is C20H22Cl4N4OS. The maximum atomic E-state index is 13.0. The van der Waals surface area contributed by atoms with Crippen molar-refractivity contribution in [3.05, 3.63) is 49.6 Å². The lowest BCUT2D eigenvalue weighted by molar-refractivity contribution is -0.120. The smallest absolute Gasteiger partial charge is 0.282 e. The van der Waals surface area contributed by atoms with E-state index in [4.69, 9.17) is 39.9 Å². The van der Waals surface area contributed by atoms with Crippen LogP contribution in [-0.4, -0.2) is 29.7 Å². The van der Waals surface area contributed by atoms with Crippen molar-refractivity contribution in [2.75, 3.05) is 18.1 Å². The summed E-state index contributed by atoms with van der Waals surface area (Å²) in [5, 5.41) is 9.54. The highest BCUT2D eigenvalue weighted by Gasteiger charge is 2.41. The Morgan fingerprint density at radius 1 is 1.13 bits per heavy atom. The van der Waals surface area contributed by atoms with Crippen LogP contribution in [0.25, 0.3) is 0 Å². The van der Waals surface area contributed by atoms with E-state index in [1.54, 1.807) is 12.1 Å². The highest BCUT2D eigenvalue weighted by atomic mass is 35.5. The van der Waals surface area contributed by atoms with E-state index in [9.17, 15) is 4.79 Å². The topological polar surface area (TPSA) is 47.9 Å². The Labute approximate surface area is 201 Å². The third-order valence-electron chi connectivity index (χ3n) is 5.27. The van der Waals surface area contributed by atoms with Gasteiger partial charge in [0, 0.05) is 28.9 Å². The quantitative estimate of drug-likeness (QED) is 0.535. The number of hydrazone groups is 1. The number of hydrogen-bond acceptors (Lipinski definition) is 5. The second kappa shape index (κ2) is 10.1. The molecule has 2 aliphatic rings. The van der Waals surface area contributed by atoms with Crippen LogP contribution >= 0.6 is 58.5 Å². The molecule has 2 aromatic rings. The van der Waals surface area contributed by atoms with Crippen molar-refractivity contribution in [1.82, 2.24) is 10.4 Å². The van der Waals surface area contributed by atoms with Gasteiger partial charge in [-0.3, -0.25) is 15.2 Å². The number of halogens is 4. The van der Waals surface area contributed by atoms with Crippen molar-refractivity contribution in [3.8, 4) is 0 Å². The van der Waals surface area contributed by atoms with Crippen LogP contribution in [-0.2, 0) is 4.79 Å². The predicted molar refractivity (Wildman–Crippen MR) is 128 cm³/mol. The van der Waals surface area contributed by atoms with Gasteiger partial charge in [-0.1, -0.05) is 48.1 Å². The number of piperidine rings is 1. The molecule has 1 aromatic heterocycles. The van der Waals surface area contributed by atoms with E-state index in [1.165, 1.54) is 17.8 Å². The molecule has 5 nitrogen and oxygen atoms in total. The molecule has 0 bridgehead atoms.